The molecule has 0 radical (unpaired) electrons. The Bertz CT molecular complexity index is 2090. The first-order valence-electron chi connectivity index (χ1n) is 16.1. The minimum atomic E-state index is -0.506. The molecule has 3 heterocycles. The molecular formula is C42H30N6O3. The van der Waals surface area contributed by atoms with Crippen molar-refractivity contribution in [3.63, 3.8) is 0 Å². The highest BCUT2D eigenvalue weighted by atomic mass is 16.5. The molecule has 0 aliphatic heterocycles. The Morgan fingerprint density at radius 3 is 1.10 bits per heavy atom. The van der Waals surface area contributed by atoms with Crippen molar-refractivity contribution >= 4 is 5.69 Å². The lowest BCUT2D eigenvalue weighted by atomic mass is 9.77. The van der Waals surface area contributed by atoms with E-state index in [0.717, 1.165) is 33.4 Å². The van der Waals surface area contributed by atoms with Crippen molar-refractivity contribution in [1.82, 2.24) is 15.0 Å². The lowest BCUT2D eigenvalue weighted by Crippen LogP contribution is -2.14. The van der Waals surface area contributed by atoms with Gasteiger partial charge >= 0.3 is 0 Å². The monoisotopic (exact) mass is 666 g/mol. The summed E-state index contributed by atoms with van der Waals surface area (Å²) in [5.74, 6) is 0.364. The molecule has 51 heavy (non-hydrogen) atoms. The van der Waals surface area contributed by atoms with Crippen LogP contribution in [0.4, 0.5) is 5.69 Å². The first kappa shape index (κ1) is 32.5. The molecule has 6 bridgehead atoms. The van der Waals surface area contributed by atoms with Gasteiger partial charge in [0.25, 0.3) is 0 Å². The Hall–Kier alpha value is -7.02. The number of ether oxygens (including phenoxy) is 3. The lowest BCUT2D eigenvalue weighted by molar-refractivity contribution is 0.413. The van der Waals surface area contributed by atoms with E-state index in [9.17, 15) is 10.5 Å². The Kier molecular flexibility index (Phi) is 8.83. The van der Waals surface area contributed by atoms with Gasteiger partial charge in [0, 0.05) is 36.8 Å². The molecule has 2 atom stereocenters. The van der Waals surface area contributed by atoms with Crippen molar-refractivity contribution in [2.24, 2.45) is 0 Å². The number of fused-ring (bicyclic) bond motifs is 6. The number of methoxy groups -OCH3 is 3. The molecule has 0 N–H and O–H groups in total. The van der Waals surface area contributed by atoms with Gasteiger partial charge in [0.2, 0.25) is 0 Å². The van der Waals surface area contributed by atoms with Crippen LogP contribution >= 0.6 is 0 Å². The summed E-state index contributed by atoms with van der Waals surface area (Å²) in [6, 6.07) is 33.1. The molecule has 0 saturated heterocycles. The van der Waals surface area contributed by atoms with E-state index in [1.807, 2.05) is 54.6 Å². The van der Waals surface area contributed by atoms with Gasteiger partial charge in [-0.05, 0) is 75.8 Å². The molecule has 0 fully saturated rings. The number of nitriles is 2. The summed E-state index contributed by atoms with van der Waals surface area (Å²) in [6.07, 6.45) is 5.08. The maximum Gasteiger partial charge on any atom is 0.187 e. The average molecular weight is 667 g/mol. The van der Waals surface area contributed by atoms with E-state index in [1.54, 1.807) is 58.1 Å². The van der Waals surface area contributed by atoms with E-state index in [4.69, 9.17) is 35.7 Å². The third-order valence-electron chi connectivity index (χ3n) is 9.16. The maximum atomic E-state index is 10.4. The molecular weight excluding hydrogens is 637 g/mol. The summed E-state index contributed by atoms with van der Waals surface area (Å²) >= 11 is 0. The SMILES string of the molecule is [C-]#[N+]c1cc2cc(c1)C(c1cc(OC)ccn1)c1cc(C#N)cc(c1)C(c1cc(OC)ccn1)c1cc(C#N)cc(c1)C2c1cc(OC)ccn1. The smallest absolute Gasteiger partial charge is 0.187 e. The zero-order valence-corrected chi connectivity index (χ0v) is 28.0. The van der Waals surface area contributed by atoms with Crippen LogP contribution in [-0.4, -0.2) is 36.3 Å². The average Bonchev–Trinajstić information content (AvgIpc) is 3.18. The summed E-state index contributed by atoms with van der Waals surface area (Å²) < 4.78 is 16.9. The van der Waals surface area contributed by atoms with Crippen molar-refractivity contribution < 1.29 is 14.2 Å². The van der Waals surface area contributed by atoms with Crippen molar-refractivity contribution in [2.45, 2.75) is 17.8 Å². The number of rotatable bonds is 6. The minimum absolute atomic E-state index is 0.423. The van der Waals surface area contributed by atoms with Gasteiger partial charge in [-0.25, -0.2) is 4.85 Å². The van der Waals surface area contributed by atoms with Gasteiger partial charge in [-0.2, -0.15) is 10.5 Å². The van der Waals surface area contributed by atoms with Crippen LogP contribution in [0.1, 0.15) is 79.3 Å². The number of pyridine rings is 3. The Balaban J connectivity index is 1.65. The number of hydrogen-bond donors (Lipinski definition) is 0. The predicted octanol–water partition coefficient (Wildman–Crippen LogP) is 8.05. The van der Waals surface area contributed by atoms with Crippen molar-refractivity contribution in [3.05, 3.63) is 183 Å². The molecule has 1 aliphatic carbocycles. The van der Waals surface area contributed by atoms with Gasteiger partial charge in [-0.3, -0.25) is 15.0 Å². The van der Waals surface area contributed by atoms with Gasteiger partial charge < -0.3 is 14.2 Å². The highest BCUT2D eigenvalue weighted by Gasteiger charge is 2.30. The molecule has 1 aliphatic rings. The van der Waals surface area contributed by atoms with E-state index in [-0.39, 0.29) is 0 Å². The lowest BCUT2D eigenvalue weighted by Gasteiger charge is -2.27. The van der Waals surface area contributed by atoms with Crippen molar-refractivity contribution in [1.29, 1.82) is 10.5 Å². The Morgan fingerprint density at radius 2 is 0.824 bits per heavy atom. The fraction of sp³-hybridized carbons (Fsp3) is 0.143. The largest absolute Gasteiger partial charge is 0.497 e. The zero-order valence-electron chi connectivity index (χ0n) is 28.0. The molecule has 2 unspecified atom stereocenters. The van der Waals surface area contributed by atoms with E-state index >= 15 is 0 Å². The Morgan fingerprint density at radius 1 is 0.510 bits per heavy atom. The maximum absolute atomic E-state index is 10.4. The second-order valence-corrected chi connectivity index (χ2v) is 12.1. The second kappa shape index (κ2) is 13.8. The molecule has 0 spiro atoms. The van der Waals surface area contributed by atoms with Crippen LogP contribution in [0.25, 0.3) is 4.85 Å². The molecule has 0 saturated carbocycles. The summed E-state index contributed by atoms with van der Waals surface area (Å²) in [5.41, 5.74) is 8.08. The van der Waals surface area contributed by atoms with Crippen molar-refractivity contribution in [2.75, 3.05) is 21.3 Å². The molecule has 3 aromatic heterocycles. The van der Waals surface area contributed by atoms with Crippen LogP contribution in [-0.2, 0) is 0 Å². The van der Waals surface area contributed by atoms with Crippen LogP contribution in [0.3, 0.4) is 0 Å². The van der Waals surface area contributed by atoms with E-state index in [2.05, 4.69) is 35.2 Å². The van der Waals surface area contributed by atoms with Gasteiger partial charge in [0.05, 0.1) is 86.0 Å². The number of nitrogens with zero attached hydrogens (tertiary/aromatic N) is 6. The van der Waals surface area contributed by atoms with E-state index in [1.165, 1.54) is 0 Å². The Labute approximate surface area is 295 Å². The fourth-order valence-electron chi connectivity index (χ4n) is 6.95. The third-order valence-corrected chi connectivity index (χ3v) is 9.16. The number of hydrogen-bond acceptors (Lipinski definition) is 8. The van der Waals surface area contributed by atoms with E-state index < -0.39 is 17.8 Å². The van der Waals surface area contributed by atoms with Crippen LogP contribution in [0, 0.1) is 29.2 Å². The quantitative estimate of drug-likeness (QED) is 0.164. The summed E-state index contributed by atoms with van der Waals surface area (Å²) in [4.78, 5) is 18.3. The zero-order chi connectivity index (χ0) is 35.5. The van der Waals surface area contributed by atoms with Crippen LogP contribution < -0.4 is 14.2 Å². The minimum Gasteiger partial charge on any atom is -0.497 e. The van der Waals surface area contributed by atoms with Crippen molar-refractivity contribution in [3.8, 4) is 29.4 Å². The number of benzene rings is 3. The predicted molar refractivity (Wildman–Crippen MR) is 190 cm³/mol. The van der Waals surface area contributed by atoms with Crippen LogP contribution in [0.5, 0.6) is 17.2 Å². The topological polar surface area (TPSA) is 118 Å². The first-order valence-corrected chi connectivity index (χ1v) is 16.1. The second-order valence-electron chi connectivity index (χ2n) is 12.1. The van der Waals surface area contributed by atoms with Gasteiger partial charge in [-0.1, -0.05) is 30.3 Å². The fourth-order valence-corrected chi connectivity index (χ4v) is 6.95. The van der Waals surface area contributed by atoms with Gasteiger partial charge in [0.15, 0.2) is 5.69 Å². The normalized spacial score (nSPS) is 15.9. The molecule has 246 valence electrons. The molecule has 3 aromatic carbocycles. The molecule has 0 amide bonds. The number of aromatic nitrogens is 3. The summed E-state index contributed by atoms with van der Waals surface area (Å²) in [6.45, 7) is 8.14. The highest BCUT2D eigenvalue weighted by Crippen LogP contribution is 2.44. The first-order chi connectivity index (χ1) is 24.9. The standard InChI is InChI=1S/C42H30N6O3/c1-45-33-18-31-17-32(19-33)42(39-22-36(51-4)7-10-48-39)30-14-26(24-44)12-28(16-30)40(37-20-34(49-2)5-8-46-37)27-11-25(23-43)13-29(15-27)41(31)38-21-35(50-3)6-9-47-38/h5-22,40-42H,2-4H3. The molecule has 6 aromatic rings. The van der Waals surface area contributed by atoms with Gasteiger partial charge in [0.1, 0.15) is 17.2 Å². The van der Waals surface area contributed by atoms with Crippen LogP contribution in [0.2, 0.25) is 0 Å². The van der Waals surface area contributed by atoms with Gasteiger partial charge in [-0.15, -0.1) is 0 Å². The summed E-state index contributed by atoms with van der Waals surface area (Å²) in [5, 5.41) is 20.8. The molecule has 9 heteroatoms. The summed E-state index contributed by atoms with van der Waals surface area (Å²) in [7, 11) is 4.81. The van der Waals surface area contributed by atoms with Crippen LogP contribution in [0.15, 0.2) is 110 Å². The molecule has 9 nitrogen and oxygen atoms in total. The highest BCUT2D eigenvalue weighted by molar-refractivity contribution is 5.61. The third kappa shape index (κ3) is 6.31. The van der Waals surface area contributed by atoms with E-state index in [0.29, 0.717) is 51.1 Å². The molecule has 7 rings (SSSR count).